The number of hydrogen-bond acceptors (Lipinski definition) is 3. The van der Waals surface area contributed by atoms with Gasteiger partial charge >= 0.3 is 12.2 Å². The summed E-state index contributed by atoms with van der Waals surface area (Å²) in [6, 6.07) is 3.90. The highest BCUT2D eigenvalue weighted by Gasteiger charge is 2.52. The van der Waals surface area contributed by atoms with Crippen LogP contribution in [-0.4, -0.2) is 28.7 Å². The molecule has 1 aromatic rings. The fraction of sp³-hybridized carbons (Fsp3) is 0.471. The number of carbonyl (C=O) groups is 2. The topological polar surface area (TPSA) is 61.8 Å². The molecule has 1 N–H and O–H groups in total. The molecular formula is C17H18F3N3O2. The van der Waals surface area contributed by atoms with E-state index in [0.29, 0.717) is 18.8 Å². The van der Waals surface area contributed by atoms with Crippen molar-refractivity contribution in [2.45, 2.75) is 44.3 Å². The van der Waals surface area contributed by atoms with Crippen LogP contribution >= 0.6 is 0 Å². The summed E-state index contributed by atoms with van der Waals surface area (Å²) in [5, 5.41) is 7.25. The molecule has 25 heavy (non-hydrogen) atoms. The normalized spacial score (nSPS) is 27.4. The molecule has 0 radical (unpaired) electrons. The fourth-order valence-corrected chi connectivity index (χ4v) is 3.22. The maximum absolute atomic E-state index is 12.7. The zero-order chi connectivity index (χ0) is 18.2. The van der Waals surface area contributed by atoms with Gasteiger partial charge in [-0.25, -0.2) is 4.79 Å². The van der Waals surface area contributed by atoms with E-state index in [-0.39, 0.29) is 5.56 Å². The Bertz CT molecular complexity index is 722. The molecule has 134 valence electrons. The Hall–Kier alpha value is -2.38. The van der Waals surface area contributed by atoms with E-state index in [9.17, 15) is 22.8 Å². The van der Waals surface area contributed by atoms with E-state index in [1.165, 1.54) is 12.1 Å². The van der Waals surface area contributed by atoms with Crippen LogP contribution in [0.2, 0.25) is 0 Å². The first-order chi connectivity index (χ1) is 11.7. The Morgan fingerprint density at radius 1 is 1.28 bits per heavy atom. The minimum Gasteiger partial charge on any atom is -0.321 e. The molecular weight excluding hydrogens is 335 g/mol. The third-order valence-corrected chi connectivity index (χ3v) is 4.80. The highest BCUT2D eigenvalue weighted by atomic mass is 19.4. The Labute approximate surface area is 142 Å². The van der Waals surface area contributed by atoms with Crippen LogP contribution in [0.1, 0.15) is 43.7 Å². The third kappa shape index (κ3) is 3.38. The molecule has 1 spiro atoms. The summed E-state index contributed by atoms with van der Waals surface area (Å²) in [6.45, 7) is 2.09. The number of halogens is 3. The Balaban J connectivity index is 1.78. The predicted molar refractivity (Wildman–Crippen MR) is 84.8 cm³/mol. The maximum Gasteiger partial charge on any atom is 0.416 e. The van der Waals surface area contributed by atoms with Crippen molar-refractivity contribution in [2.75, 3.05) is 0 Å². The molecule has 1 aliphatic heterocycles. The SMILES string of the molecule is CC1CCC2(CC1)NC(=O)N(N=Cc1cccc(C(F)(F)F)c1)C2=O. The summed E-state index contributed by atoms with van der Waals surface area (Å²) in [5.74, 6) is 0.0608. The number of hydrazone groups is 1. The van der Waals surface area contributed by atoms with E-state index in [1.807, 2.05) is 0 Å². The van der Waals surface area contributed by atoms with E-state index in [2.05, 4.69) is 17.3 Å². The van der Waals surface area contributed by atoms with E-state index in [0.717, 1.165) is 36.2 Å². The maximum atomic E-state index is 12.7. The van der Waals surface area contributed by atoms with Gasteiger partial charge in [0.15, 0.2) is 0 Å². The lowest BCUT2D eigenvalue weighted by Gasteiger charge is -2.33. The number of carbonyl (C=O) groups excluding carboxylic acids is 2. The van der Waals surface area contributed by atoms with Crippen molar-refractivity contribution in [3.63, 3.8) is 0 Å². The van der Waals surface area contributed by atoms with E-state index < -0.39 is 29.2 Å². The van der Waals surface area contributed by atoms with Crippen LogP contribution in [0, 0.1) is 5.92 Å². The first-order valence-corrected chi connectivity index (χ1v) is 8.09. The second-order valence-electron chi connectivity index (χ2n) is 6.68. The van der Waals surface area contributed by atoms with Gasteiger partial charge in [0.05, 0.1) is 11.8 Å². The highest BCUT2D eigenvalue weighted by molar-refractivity contribution is 6.07. The van der Waals surface area contributed by atoms with Crippen LogP contribution in [0.25, 0.3) is 0 Å². The van der Waals surface area contributed by atoms with Crippen molar-refractivity contribution < 1.29 is 22.8 Å². The first-order valence-electron chi connectivity index (χ1n) is 8.09. The number of hydrogen-bond donors (Lipinski definition) is 1. The summed E-state index contributed by atoms with van der Waals surface area (Å²) in [6.07, 6.45) is -0.609. The lowest BCUT2D eigenvalue weighted by Crippen LogP contribution is -2.49. The van der Waals surface area contributed by atoms with Gasteiger partial charge in [0, 0.05) is 0 Å². The molecule has 0 aromatic heterocycles. The van der Waals surface area contributed by atoms with Crippen molar-refractivity contribution in [3.05, 3.63) is 35.4 Å². The summed E-state index contributed by atoms with van der Waals surface area (Å²) in [5.41, 5.74) is -1.57. The van der Waals surface area contributed by atoms with Gasteiger partial charge in [-0.1, -0.05) is 19.1 Å². The summed E-state index contributed by atoms with van der Waals surface area (Å²) in [7, 11) is 0. The molecule has 3 amide bonds. The second kappa shape index (κ2) is 6.16. The summed E-state index contributed by atoms with van der Waals surface area (Å²) >= 11 is 0. The quantitative estimate of drug-likeness (QED) is 0.653. The van der Waals surface area contributed by atoms with E-state index in [1.54, 1.807) is 0 Å². The van der Waals surface area contributed by atoms with Crippen LogP contribution in [0.5, 0.6) is 0 Å². The van der Waals surface area contributed by atoms with E-state index >= 15 is 0 Å². The molecule has 2 fully saturated rings. The zero-order valence-corrected chi connectivity index (χ0v) is 13.6. The molecule has 0 atom stereocenters. The van der Waals surface area contributed by atoms with Crippen molar-refractivity contribution in [1.82, 2.24) is 10.3 Å². The number of alkyl halides is 3. The number of benzene rings is 1. The molecule has 0 bridgehead atoms. The molecule has 2 aliphatic rings. The van der Waals surface area contributed by atoms with Crippen LogP contribution in [0.15, 0.2) is 29.4 Å². The molecule has 1 aliphatic carbocycles. The van der Waals surface area contributed by atoms with E-state index in [4.69, 9.17) is 0 Å². The molecule has 1 aromatic carbocycles. The molecule has 3 rings (SSSR count). The van der Waals surface area contributed by atoms with Crippen molar-refractivity contribution >= 4 is 18.2 Å². The van der Waals surface area contributed by atoms with Crippen LogP contribution in [0.3, 0.4) is 0 Å². The fourth-order valence-electron chi connectivity index (χ4n) is 3.22. The van der Waals surface area contributed by atoms with Gasteiger partial charge in [-0.2, -0.15) is 18.3 Å². The number of nitrogens with zero attached hydrogens (tertiary/aromatic N) is 2. The van der Waals surface area contributed by atoms with Crippen molar-refractivity contribution in [1.29, 1.82) is 0 Å². The monoisotopic (exact) mass is 353 g/mol. The second-order valence-corrected chi connectivity index (χ2v) is 6.68. The summed E-state index contributed by atoms with van der Waals surface area (Å²) < 4.78 is 38.2. The zero-order valence-electron chi connectivity index (χ0n) is 13.6. The lowest BCUT2D eigenvalue weighted by atomic mass is 9.77. The number of rotatable bonds is 2. The predicted octanol–water partition coefficient (Wildman–Crippen LogP) is 3.54. The van der Waals surface area contributed by atoms with Crippen LogP contribution in [-0.2, 0) is 11.0 Å². The lowest BCUT2D eigenvalue weighted by molar-refractivity contribution is -0.137. The molecule has 1 saturated heterocycles. The number of nitrogens with one attached hydrogen (secondary N) is 1. The Morgan fingerprint density at radius 2 is 1.96 bits per heavy atom. The number of amides is 3. The third-order valence-electron chi connectivity index (χ3n) is 4.80. The summed E-state index contributed by atoms with van der Waals surface area (Å²) in [4.78, 5) is 24.7. The van der Waals surface area contributed by atoms with Crippen molar-refractivity contribution in [3.8, 4) is 0 Å². The largest absolute Gasteiger partial charge is 0.416 e. The van der Waals surface area contributed by atoms with Gasteiger partial charge in [-0.05, 0) is 49.3 Å². The van der Waals surface area contributed by atoms with Gasteiger partial charge in [0.2, 0.25) is 0 Å². The smallest absolute Gasteiger partial charge is 0.321 e. The van der Waals surface area contributed by atoms with Gasteiger partial charge in [0.1, 0.15) is 5.54 Å². The molecule has 5 nitrogen and oxygen atoms in total. The number of urea groups is 1. The average molecular weight is 353 g/mol. The minimum absolute atomic E-state index is 0.161. The standard InChI is InChI=1S/C17H18F3N3O2/c1-11-5-7-16(8-6-11)14(24)23(15(25)22-16)21-10-12-3-2-4-13(9-12)17(18,19)20/h2-4,9-11H,5-8H2,1H3,(H,22,25). The molecule has 1 heterocycles. The van der Waals surface area contributed by atoms with Gasteiger partial charge < -0.3 is 5.32 Å². The van der Waals surface area contributed by atoms with Gasteiger partial charge in [0.25, 0.3) is 5.91 Å². The molecule has 8 heteroatoms. The van der Waals surface area contributed by atoms with Gasteiger partial charge in [-0.15, -0.1) is 5.01 Å². The van der Waals surface area contributed by atoms with Gasteiger partial charge in [-0.3, -0.25) is 4.79 Å². The molecule has 0 unspecified atom stereocenters. The van der Waals surface area contributed by atoms with Crippen LogP contribution < -0.4 is 5.32 Å². The first kappa shape index (κ1) is 17.4. The minimum atomic E-state index is -4.46. The highest BCUT2D eigenvalue weighted by Crippen LogP contribution is 2.36. The van der Waals surface area contributed by atoms with Crippen LogP contribution in [0.4, 0.5) is 18.0 Å². The van der Waals surface area contributed by atoms with Crippen molar-refractivity contribution in [2.24, 2.45) is 11.0 Å². The molecule has 1 saturated carbocycles. The Kier molecular flexibility index (Phi) is 4.30. The Morgan fingerprint density at radius 3 is 2.60 bits per heavy atom. The average Bonchev–Trinajstić information content (AvgIpc) is 2.79. The number of imide groups is 1.